The second kappa shape index (κ2) is 6.36. The first-order valence-electron chi connectivity index (χ1n) is 6.70. The van der Waals surface area contributed by atoms with Crippen LogP contribution < -0.4 is 0 Å². The van der Waals surface area contributed by atoms with E-state index in [1.807, 2.05) is 37.3 Å². The Morgan fingerprint density at radius 1 is 1.47 bits per heavy atom. The molecule has 1 amide bonds. The van der Waals surface area contributed by atoms with Crippen molar-refractivity contribution >= 4 is 26.2 Å². The van der Waals surface area contributed by atoms with E-state index in [2.05, 4.69) is 22.5 Å². The Morgan fingerprint density at radius 3 is 2.79 bits per heavy atom. The summed E-state index contributed by atoms with van der Waals surface area (Å²) in [6.45, 7) is 4.68. The Labute approximate surface area is 122 Å². The van der Waals surface area contributed by atoms with Crippen molar-refractivity contribution in [1.82, 2.24) is 4.90 Å². The fourth-order valence-electron chi connectivity index (χ4n) is 2.37. The average molecular weight is 324 g/mol. The van der Waals surface area contributed by atoms with Crippen LogP contribution in [0.15, 0.2) is 30.3 Å². The van der Waals surface area contributed by atoms with Gasteiger partial charge in [0, 0.05) is 0 Å². The summed E-state index contributed by atoms with van der Waals surface area (Å²) in [5, 5.41) is 0. The SMILES string of the molecule is CCC[C@H]1COC(=[Se])N1C(=O)[C@@H](C)c1ccccc1. The summed E-state index contributed by atoms with van der Waals surface area (Å²) in [4.78, 5) is 14.4. The Bertz CT molecular complexity index is 460. The van der Waals surface area contributed by atoms with Crippen LogP contribution in [0.1, 0.15) is 38.2 Å². The van der Waals surface area contributed by atoms with Crippen molar-refractivity contribution in [2.45, 2.75) is 38.6 Å². The molecule has 0 spiro atoms. The van der Waals surface area contributed by atoms with E-state index in [1.54, 1.807) is 4.90 Å². The molecule has 0 aromatic heterocycles. The van der Waals surface area contributed by atoms with E-state index in [0.717, 1.165) is 18.4 Å². The van der Waals surface area contributed by atoms with E-state index in [0.29, 0.717) is 11.3 Å². The molecule has 0 N–H and O–H groups in total. The number of hydrogen-bond donors (Lipinski definition) is 0. The van der Waals surface area contributed by atoms with Crippen LogP contribution in [-0.2, 0) is 9.53 Å². The quantitative estimate of drug-likeness (QED) is 0.794. The van der Waals surface area contributed by atoms with Gasteiger partial charge in [-0.1, -0.05) is 0 Å². The first-order valence-corrected chi connectivity index (χ1v) is 7.55. The zero-order valence-corrected chi connectivity index (χ0v) is 13.0. The van der Waals surface area contributed by atoms with Gasteiger partial charge in [-0.3, -0.25) is 0 Å². The summed E-state index contributed by atoms with van der Waals surface area (Å²) in [7, 11) is 0. The molecule has 1 aromatic carbocycles. The fourth-order valence-corrected chi connectivity index (χ4v) is 3.01. The van der Waals surface area contributed by atoms with E-state index in [4.69, 9.17) is 4.74 Å². The van der Waals surface area contributed by atoms with Gasteiger partial charge in [0.25, 0.3) is 0 Å². The van der Waals surface area contributed by atoms with Crippen molar-refractivity contribution in [3.05, 3.63) is 35.9 Å². The Hall–Kier alpha value is -1.12. The normalized spacial score (nSPS) is 20.2. The van der Waals surface area contributed by atoms with Gasteiger partial charge in [0.15, 0.2) is 0 Å². The molecule has 19 heavy (non-hydrogen) atoms. The van der Waals surface area contributed by atoms with Crippen LogP contribution in [0.25, 0.3) is 0 Å². The number of nitrogens with zero attached hydrogens (tertiary/aromatic N) is 1. The zero-order chi connectivity index (χ0) is 13.8. The van der Waals surface area contributed by atoms with Crippen LogP contribution in [0, 0.1) is 0 Å². The monoisotopic (exact) mass is 325 g/mol. The zero-order valence-electron chi connectivity index (χ0n) is 11.3. The Kier molecular flexibility index (Phi) is 4.78. The first-order chi connectivity index (χ1) is 9.15. The van der Waals surface area contributed by atoms with Gasteiger partial charge >= 0.3 is 122 Å². The van der Waals surface area contributed by atoms with Gasteiger partial charge in [0.05, 0.1) is 0 Å². The van der Waals surface area contributed by atoms with E-state index >= 15 is 0 Å². The van der Waals surface area contributed by atoms with Gasteiger partial charge in [-0.05, 0) is 0 Å². The molecule has 0 radical (unpaired) electrons. The molecule has 1 fully saturated rings. The number of amides is 1. The standard InChI is InChI=1S/C15H19NO2Se/c1-3-7-13-10-18-15(19)16(13)14(17)11(2)12-8-5-4-6-9-12/h4-6,8-9,11,13H,3,7,10H2,1-2H3/t11-,13-/m0/s1. The molecular weight excluding hydrogens is 305 g/mol. The summed E-state index contributed by atoms with van der Waals surface area (Å²) in [6.07, 6.45) is 2.02. The van der Waals surface area contributed by atoms with Gasteiger partial charge in [-0.25, -0.2) is 0 Å². The molecule has 102 valence electrons. The molecule has 2 rings (SSSR count). The molecule has 0 bridgehead atoms. The molecular formula is C15H19NO2Se. The summed E-state index contributed by atoms with van der Waals surface area (Å²) in [5.41, 5.74) is 1.04. The van der Waals surface area contributed by atoms with Gasteiger partial charge < -0.3 is 0 Å². The second-order valence-electron chi connectivity index (χ2n) is 4.86. The number of benzene rings is 1. The van der Waals surface area contributed by atoms with Crippen LogP contribution in [-0.4, -0.2) is 43.8 Å². The Balaban J connectivity index is 2.16. The van der Waals surface area contributed by atoms with E-state index in [-0.39, 0.29) is 17.9 Å². The predicted octanol–water partition coefficient (Wildman–Crippen LogP) is 2.07. The third-order valence-corrected chi connectivity index (χ3v) is 4.15. The van der Waals surface area contributed by atoms with Crippen molar-refractivity contribution in [1.29, 1.82) is 0 Å². The second-order valence-corrected chi connectivity index (χ2v) is 5.59. The molecule has 1 aliphatic rings. The van der Waals surface area contributed by atoms with Crippen molar-refractivity contribution in [2.24, 2.45) is 0 Å². The molecule has 3 nitrogen and oxygen atoms in total. The van der Waals surface area contributed by atoms with Crippen LogP contribution in [0.4, 0.5) is 0 Å². The van der Waals surface area contributed by atoms with Crippen LogP contribution in [0.3, 0.4) is 0 Å². The molecule has 0 unspecified atom stereocenters. The Morgan fingerprint density at radius 2 is 2.16 bits per heavy atom. The molecule has 1 aromatic rings. The maximum atomic E-state index is 12.6. The molecule has 0 aliphatic carbocycles. The number of ether oxygens (including phenoxy) is 1. The van der Waals surface area contributed by atoms with Crippen molar-refractivity contribution in [2.75, 3.05) is 6.61 Å². The fraction of sp³-hybridized carbons (Fsp3) is 0.467. The molecule has 4 heteroatoms. The maximum absolute atomic E-state index is 12.6. The van der Waals surface area contributed by atoms with Crippen molar-refractivity contribution in [3.8, 4) is 0 Å². The first kappa shape index (κ1) is 14.3. The summed E-state index contributed by atoms with van der Waals surface area (Å²) in [6, 6.07) is 10.0. The summed E-state index contributed by atoms with van der Waals surface area (Å²) >= 11 is 2.86. The minimum atomic E-state index is -0.148. The van der Waals surface area contributed by atoms with Gasteiger partial charge in [-0.2, -0.15) is 0 Å². The van der Waals surface area contributed by atoms with Crippen LogP contribution >= 0.6 is 0 Å². The van der Waals surface area contributed by atoms with Crippen molar-refractivity contribution < 1.29 is 9.53 Å². The molecule has 2 atom stereocenters. The molecule has 1 heterocycles. The predicted molar refractivity (Wildman–Crippen MR) is 77.1 cm³/mol. The summed E-state index contributed by atoms with van der Waals surface area (Å²) in [5.74, 6) is -0.0403. The molecule has 0 saturated carbocycles. The molecule has 1 aliphatic heterocycles. The minimum absolute atomic E-state index is 0.107. The number of carbonyl (C=O) groups is 1. The van der Waals surface area contributed by atoms with Gasteiger partial charge in [0.2, 0.25) is 0 Å². The van der Waals surface area contributed by atoms with E-state index in [9.17, 15) is 4.79 Å². The van der Waals surface area contributed by atoms with Gasteiger partial charge in [-0.15, -0.1) is 0 Å². The third kappa shape index (κ3) is 3.07. The van der Waals surface area contributed by atoms with Crippen LogP contribution in [0.2, 0.25) is 0 Å². The van der Waals surface area contributed by atoms with E-state index in [1.165, 1.54) is 0 Å². The number of carbonyl (C=O) groups excluding carboxylic acids is 1. The summed E-state index contributed by atoms with van der Waals surface area (Å²) < 4.78 is 6.12. The average Bonchev–Trinajstić information content (AvgIpc) is 2.80. The van der Waals surface area contributed by atoms with Gasteiger partial charge in [0.1, 0.15) is 0 Å². The number of hydrogen-bond acceptors (Lipinski definition) is 2. The van der Waals surface area contributed by atoms with E-state index < -0.39 is 0 Å². The number of rotatable bonds is 4. The molecule has 1 saturated heterocycles. The van der Waals surface area contributed by atoms with Crippen molar-refractivity contribution in [3.63, 3.8) is 0 Å². The third-order valence-electron chi connectivity index (χ3n) is 3.49. The topological polar surface area (TPSA) is 29.5 Å². The van der Waals surface area contributed by atoms with Crippen LogP contribution in [0.5, 0.6) is 0 Å².